The molecule has 1 aromatic carbocycles. The molecule has 0 aliphatic heterocycles. The van der Waals surface area contributed by atoms with E-state index >= 15 is 0 Å². The van der Waals surface area contributed by atoms with Gasteiger partial charge in [0.2, 0.25) is 5.69 Å². The summed E-state index contributed by atoms with van der Waals surface area (Å²) >= 11 is 1.34. The number of carbonyl (C=O) groups excluding carboxylic acids is 1. The molecule has 6 nitrogen and oxygen atoms in total. The van der Waals surface area contributed by atoms with Crippen molar-refractivity contribution >= 4 is 22.9 Å². The van der Waals surface area contributed by atoms with Gasteiger partial charge in [0.05, 0.1) is 18.9 Å². The lowest BCUT2D eigenvalue weighted by Crippen LogP contribution is -2.31. The first-order valence-electron chi connectivity index (χ1n) is 8.86. The quantitative estimate of drug-likeness (QED) is 0.697. The molecular weight excluding hydrogens is 360 g/mol. The van der Waals surface area contributed by atoms with Crippen LogP contribution in [0.1, 0.15) is 29.2 Å². The van der Waals surface area contributed by atoms with Crippen LogP contribution in [0.15, 0.2) is 18.2 Å². The Hall–Kier alpha value is -2.43. The van der Waals surface area contributed by atoms with Gasteiger partial charge in [-0.15, -0.1) is 11.3 Å². The Morgan fingerprint density at radius 2 is 2.15 bits per heavy atom. The topological polar surface area (TPSA) is 58.8 Å². The Kier molecular flexibility index (Phi) is 7.34. The Morgan fingerprint density at radius 1 is 1.41 bits per heavy atom. The summed E-state index contributed by atoms with van der Waals surface area (Å²) in [5, 5.41) is 3.64. The molecule has 0 atom stereocenters. The van der Waals surface area contributed by atoms with E-state index in [1.54, 1.807) is 12.1 Å². The van der Waals surface area contributed by atoms with E-state index in [-0.39, 0.29) is 5.91 Å². The van der Waals surface area contributed by atoms with Crippen molar-refractivity contribution in [2.24, 2.45) is 5.92 Å². The number of likely N-dealkylation sites (N-methyl/N-ethyl adjacent to an activating group) is 1. The zero-order valence-corrected chi connectivity index (χ0v) is 17.3. The number of ether oxygens (including phenoxy) is 1. The van der Waals surface area contributed by atoms with Crippen LogP contribution in [0.5, 0.6) is 5.75 Å². The second-order valence-electron chi connectivity index (χ2n) is 6.99. The second kappa shape index (κ2) is 9.49. The Labute approximate surface area is 165 Å². The van der Waals surface area contributed by atoms with Gasteiger partial charge in [-0.25, -0.2) is 9.83 Å². The molecule has 144 valence electrons. The van der Waals surface area contributed by atoms with Gasteiger partial charge in [-0.2, -0.15) is 0 Å². The lowest BCUT2D eigenvalue weighted by atomic mass is 10.2. The highest BCUT2D eigenvalue weighted by atomic mass is 32.1. The van der Waals surface area contributed by atoms with Gasteiger partial charge in [-0.1, -0.05) is 19.9 Å². The summed E-state index contributed by atoms with van der Waals surface area (Å²) < 4.78 is 5.71. The van der Waals surface area contributed by atoms with Gasteiger partial charge < -0.3 is 15.0 Å². The first kappa shape index (κ1) is 20.9. The van der Waals surface area contributed by atoms with Gasteiger partial charge in [0, 0.05) is 18.7 Å². The van der Waals surface area contributed by atoms with Crippen LogP contribution >= 0.6 is 11.3 Å². The standard InChI is InChI=1S/C20H26N4O2S/c1-13(2)12-26-17-8-7-15(11-16(17)21-4)20-23-14(3)18(27-20)19(25)22-9-10-24(5)6/h7-8,11,13H,9-10,12H2,1-3,5-6H3,(H,22,25). The molecule has 2 aromatic rings. The molecule has 0 bridgehead atoms. The number of nitrogens with zero attached hydrogens (tertiary/aromatic N) is 3. The number of hydrogen-bond acceptors (Lipinski definition) is 5. The summed E-state index contributed by atoms with van der Waals surface area (Å²) in [5.41, 5.74) is 1.97. The smallest absolute Gasteiger partial charge is 0.263 e. The number of aryl methyl sites for hydroxylation is 1. The molecule has 0 radical (unpaired) electrons. The molecule has 7 heteroatoms. The number of benzene rings is 1. The van der Waals surface area contributed by atoms with Gasteiger partial charge in [-0.3, -0.25) is 4.79 Å². The van der Waals surface area contributed by atoms with Crippen LogP contribution in [0.25, 0.3) is 15.4 Å². The Bertz CT molecular complexity index is 837. The molecule has 1 amide bonds. The number of amides is 1. The lowest BCUT2D eigenvalue weighted by molar-refractivity contribution is 0.0954. The number of aromatic nitrogens is 1. The summed E-state index contributed by atoms with van der Waals surface area (Å²) in [6.07, 6.45) is 0. The zero-order valence-electron chi connectivity index (χ0n) is 16.5. The Balaban J connectivity index is 2.19. The van der Waals surface area contributed by atoms with Gasteiger partial charge in [0.25, 0.3) is 5.91 Å². The van der Waals surface area contributed by atoms with Gasteiger partial charge in [0.1, 0.15) is 15.6 Å². The van der Waals surface area contributed by atoms with Crippen molar-refractivity contribution in [3.05, 3.63) is 40.2 Å². The summed E-state index contributed by atoms with van der Waals surface area (Å²) in [4.78, 5) is 23.1. The number of rotatable bonds is 8. The fourth-order valence-corrected chi connectivity index (χ4v) is 3.30. The molecule has 0 saturated heterocycles. The predicted octanol–water partition coefficient (Wildman–Crippen LogP) is 4.00. The highest BCUT2D eigenvalue weighted by Gasteiger charge is 2.17. The number of nitrogens with one attached hydrogen (secondary N) is 1. The molecule has 0 aliphatic rings. The maximum atomic E-state index is 12.4. The second-order valence-corrected chi connectivity index (χ2v) is 7.99. The third-order valence-electron chi connectivity index (χ3n) is 3.75. The van der Waals surface area contributed by atoms with E-state index in [1.807, 2.05) is 32.0 Å². The normalized spacial score (nSPS) is 10.9. The fourth-order valence-electron chi connectivity index (χ4n) is 2.32. The van der Waals surface area contributed by atoms with Crippen molar-refractivity contribution in [3.63, 3.8) is 0 Å². The first-order chi connectivity index (χ1) is 12.8. The van der Waals surface area contributed by atoms with E-state index in [9.17, 15) is 4.79 Å². The third kappa shape index (κ3) is 5.78. The van der Waals surface area contributed by atoms with Gasteiger partial charge >= 0.3 is 0 Å². The van der Waals surface area contributed by atoms with Crippen LogP contribution in [0.3, 0.4) is 0 Å². The van der Waals surface area contributed by atoms with Crippen molar-refractivity contribution in [2.45, 2.75) is 20.8 Å². The van der Waals surface area contributed by atoms with Gasteiger partial charge in [-0.05, 0) is 39.1 Å². The monoisotopic (exact) mass is 386 g/mol. The van der Waals surface area contributed by atoms with E-state index < -0.39 is 0 Å². The van der Waals surface area contributed by atoms with E-state index in [0.717, 1.165) is 17.1 Å². The fraction of sp³-hybridized carbons (Fsp3) is 0.450. The van der Waals surface area contributed by atoms with Gasteiger partial charge in [0.15, 0.2) is 0 Å². The Morgan fingerprint density at radius 3 is 2.78 bits per heavy atom. The maximum Gasteiger partial charge on any atom is 0.263 e. The number of thiazole rings is 1. The van der Waals surface area contributed by atoms with Crippen molar-refractivity contribution in [1.29, 1.82) is 0 Å². The highest BCUT2D eigenvalue weighted by molar-refractivity contribution is 7.17. The zero-order chi connectivity index (χ0) is 20.0. The molecule has 0 fully saturated rings. The molecule has 1 N–H and O–H groups in total. The van der Waals surface area contributed by atoms with Crippen molar-refractivity contribution in [3.8, 4) is 16.3 Å². The lowest BCUT2D eigenvalue weighted by Gasteiger charge is -2.11. The average Bonchev–Trinajstić information content (AvgIpc) is 3.01. The number of hydrogen-bond donors (Lipinski definition) is 1. The highest BCUT2D eigenvalue weighted by Crippen LogP contribution is 2.35. The summed E-state index contributed by atoms with van der Waals surface area (Å²) in [6.45, 7) is 15.3. The van der Waals surface area contributed by atoms with Crippen LogP contribution in [0, 0.1) is 19.4 Å². The van der Waals surface area contributed by atoms with Crippen LogP contribution in [-0.2, 0) is 0 Å². The molecule has 0 saturated carbocycles. The minimum absolute atomic E-state index is 0.111. The van der Waals surface area contributed by atoms with E-state index in [2.05, 4.69) is 29.0 Å². The number of carbonyl (C=O) groups is 1. The molecule has 27 heavy (non-hydrogen) atoms. The van der Waals surface area contributed by atoms with Crippen LogP contribution in [0.2, 0.25) is 0 Å². The minimum atomic E-state index is -0.111. The molecule has 2 rings (SSSR count). The molecule has 0 unspecified atom stereocenters. The van der Waals surface area contributed by atoms with Crippen molar-refractivity contribution in [1.82, 2.24) is 15.2 Å². The first-order valence-corrected chi connectivity index (χ1v) is 9.68. The summed E-state index contributed by atoms with van der Waals surface area (Å²) in [6, 6.07) is 5.46. The largest absolute Gasteiger partial charge is 0.504 e. The van der Waals surface area contributed by atoms with E-state index in [1.165, 1.54) is 11.3 Å². The van der Waals surface area contributed by atoms with Crippen LogP contribution in [-0.4, -0.2) is 49.6 Å². The average molecular weight is 387 g/mol. The van der Waals surface area contributed by atoms with E-state index in [4.69, 9.17) is 11.3 Å². The van der Waals surface area contributed by atoms with Crippen molar-refractivity contribution < 1.29 is 9.53 Å². The van der Waals surface area contributed by atoms with Crippen LogP contribution in [0.4, 0.5) is 5.69 Å². The molecule has 1 aromatic heterocycles. The molecule has 1 heterocycles. The van der Waals surface area contributed by atoms with E-state index in [0.29, 0.717) is 41.1 Å². The molecule has 0 aliphatic carbocycles. The van der Waals surface area contributed by atoms with Crippen molar-refractivity contribution in [2.75, 3.05) is 33.8 Å². The van der Waals surface area contributed by atoms with Crippen LogP contribution < -0.4 is 10.1 Å². The predicted molar refractivity (Wildman–Crippen MR) is 110 cm³/mol. The molecular formula is C20H26N4O2S. The maximum absolute atomic E-state index is 12.4. The third-order valence-corrected chi connectivity index (χ3v) is 4.95. The summed E-state index contributed by atoms with van der Waals surface area (Å²) in [7, 11) is 3.93. The minimum Gasteiger partial charge on any atom is -0.504 e. The summed E-state index contributed by atoms with van der Waals surface area (Å²) in [5.74, 6) is 0.858. The SMILES string of the molecule is [C-]#[N+]c1cc(-c2nc(C)c(C(=O)NCCN(C)C)s2)ccc1OCC(C)C. The molecule has 0 spiro atoms.